The second kappa shape index (κ2) is 5.62. The number of hydrogen-bond acceptors (Lipinski definition) is 4. The summed E-state index contributed by atoms with van der Waals surface area (Å²) in [5.41, 5.74) is 6.35. The molecule has 0 fully saturated rings. The summed E-state index contributed by atoms with van der Waals surface area (Å²) in [5, 5.41) is 12.4. The van der Waals surface area contributed by atoms with Crippen LogP contribution in [0.5, 0.6) is 0 Å². The number of nitrogen functional groups attached to an aromatic ring is 1. The zero-order chi connectivity index (χ0) is 13.8. The van der Waals surface area contributed by atoms with E-state index in [-0.39, 0.29) is 5.56 Å². The highest BCUT2D eigenvalue weighted by Crippen LogP contribution is 2.29. The lowest BCUT2D eigenvalue weighted by Gasteiger charge is -2.12. The Bertz CT molecular complexity index is 584. The van der Waals surface area contributed by atoms with Gasteiger partial charge in [-0.15, -0.1) is 0 Å². The number of carboxylic acid groups (broad SMARTS) is 1. The van der Waals surface area contributed by atoms with Crippen LogP contribution >= 0.6 is 11.6 Å². The van der Waals surface area contributed by atoms with E-state index in [1.54, 1.807) is 12.5 Å². The molecule has 0 aliphatic carbocycles. The maximum absolute atomic E-state index is 11.1. The highest BCUT2D eigenvalue weighted by atomic mass is 35.5. The lowest BCUT2D eigenvalue weighted by Crippen LogP contribution is -2.13. The summed E-state index contributed by atoms with van der Waals surface area (Å²) in [6.07, 6.45) is 5.19. The van der Waals surface area contributed by atoms with Crippen molar-refractivity contribution in [3.05, 3.63) is 41.4 Å². The third-order valence-electron chi connectivity index (χ3n) is 2.57. The summed E-state index contributed by atoms with van der Waals surface area (Å²) in [6.45, 7) is 1.18. The topological polar surface area (TPSA) is 93.2 Å². The molecule has 7 heteroatoms. The van der Waals surface area contributed by atoms with Crippen LogP contribution in [-0.2, 0) is 6.54 Å². The average Bonchev–Trinajstić information content (AvgIpc) is 2.84. The van der Waals surface area contributed by atoms with Gasteiger partial charge >= 0.3 is 5.97 Å². The zero-order valence-corrected chi connectivity index (χ0v) is 10.8. The monoisotopic (exact) mass is 280 g/mol. The second-order valence-corrected chi connectivity index (χ2v) is 4.36. The van der Waals surface area contributed by atoms with Gasteiger partial charge in [0.05, 0.1) is 22.6 Å². The minimum absolute atomic E-state index is 0.0654. The molecule has 0 spiro atoms. The number of aromatic carboxylic acids is 1. The van der Waals surface area contributed by atoms with Crippen LogP contribution in [0.1, 0.15) is 10.4 Å². The Morgan fingerprint density at radius 3 is 2.95 bits per heavy atom. The second-order valence-electron chi connectivity index (χ2n) is 3.96. The number of aromatic nitrogens is 2. The Morgan fingerprint density at radius 1 is 1.53 bits per heavy atom. The molecule has 2 rings (SSSR count). The Labute approximate surface area is 114 Å². The third-order valence-corrected chi connectivity index (χ3v) is 2.87. The van der Waals surface area contributed by atoms with Gasteiger partial charge in [0, 0.05) is 31.2 Å². The molecule has 1 aromatic carbocycles. The molecular weight excluding hydrogens is 268 g/mol. The van der Waals surface area contributed by atoms with Crippen molar-refractivity contribution in [2.24, 2.45) is 0 Å². The molecule has 100 valence electrons. The first-order valence-electron chi connectivity index (χ1n) is 5.60. The molecule has 0 aliphatic heterocycles. The molecule has 19 heavy (non-hydrogen) atoms. The molecule has 1 heterocycles. The van der Waals surface area contributed by atoms with Gasteiger partial charge in [-0.1, -0.05) is 11.6 Å². The fourth-order valence-corrected chi connectivity index (χ4v) is 2.00. The molecule has 0 unspecified atom stereocenters. The number of nitrogens with zero attached hydrogens (tertiary/aromatic N) is 2. The SMILES string of the molecule is Nc1cc(Cl)c(NCCn2ccnc2)c(C(=O)O)c1. The van der Waals surface area contributed by atoms with E-state index in [1.165, 1.54) is 12.1 Å². The van der Waals surface area contributed by atoms with Crippen molar-refractivity contribution >= 4 is 28.9 Å². The smallest absolute Gasteiger partial charge is 0.337 e. The van der Waals surface area contributed by atoms with Gasteiger partial charge in [0.15, 0.2) is 0 Å². The van der Waals surface area contributed by atoms with E-state index in [0.717, 1.165) is 0 Å². The molecule has 0 bridgehead atoms. The number of rotatable bonds is 5. The molecule has 0 saturated heterocycles. The van der Waals surface area contributed by atoms with Gasteiger partial charge in [0.25, 0.3) is 0 Å². The first-order valence-corrected chi connectivity index (χ1v) is 5.97. The van der Waals surface area contributed by atoms with E-state index in [1.807, 2.05) is 10.8 Å². The molecule has 0 amide bonds. The minimum Gasteiger partial charge on any atom is -0.478 e. The number of carbonyl (C=O) groups is 1. The van der Waals surface area contributed by atoms with Crippen molar-refractivity contribution < 1.29 is 9.90 Å². The molecule has 0 aliphatic rings. The van der Waals surface area contributed by atoms with Crippen molar-refractivity contribution in [2.45, 2.75) is 6.54 Å². The van der Waals surface area contributed by atoms with Gasteiger partial charge in [0.2, 0.25) is 0 Å². The molecule has 0 atom stereocenters. The number of carboxylic acids is 1. The first-order chi connectivity index (χ1) is 9.08. The van der Waals surface area contributed by atoms with Crippen LogP contribution in [0.15, 0.2) is 30.9 Å². The fraction of sp³-hybridized carbons (Fsp3) is 0.167. The zero-order valence-electron chi connectivity index (χ0n) is 10.0. The summed E-state index contributed by atoms with van der Waals surface area (Å²) in [5.74, 6) is -1.07. The normalized spacial score (nSPS) is 10.4. The number of anilines is 2. The summed E-state index contributed by atoms with van der Waals surface area (Å²) in [7, 11) is 0. The number of nitrogens with one attached hydrogen (secondary N) is 1. The molecule has 0 saturated carbocycles. The van der Waals surface area contributed by atoms with Crippen LogP contribution in [0.2, 0.25) is 5.02 Å². The lowest BCUT2D eigenvalue weighted by atomic mass is 10.1. The average molecular weight is 281 g/mol. The van der Waals surface area contributed by atoms with Crippen LogP contribution in [0.25, 0.3) is 0 Å². The number of halogens is 1. The van der Waals surface area contributed by atoms with Crippen molar-refractivity contribution in [1.29, 1.82) is 0 Å². The molecule has 2 aromatic rings. The predicted molar refractivity (Wildman–Crippen MR) is 73.5 cm³/mol. The lowest BCUT2D eigenvalue weighted by molar-refractivity contribution is 0.0698. The van der Waals surface area contributed by atoms with E-state index >= 15 is 0 Å². The van der Waals surface area contributed by atoms with Gasteiger partial charge < -0.3 is 20.7 Å². The highest BCUT2D eigenvalue weighted by Gasteiger charge is 2.14. The Hall–Kier alpha value is -2.21. The summed E-state index contributed by atoms with van der Waals surface area (Å²) < 4.78 is 1.87. The maximum atomic E-state index is 11.1. The minimum atomic E-state index is -1.07. The largest absolute Gasteiger partial charge is 0.478 e. The van der Waals surface area contributed by atoms with Gasteiger partial charge in [-0.3, -0.25) is 0 Å². The van der Waals surface area contributed by atoms with E-state index in [4.69, 9.17) is 22.4 Å². The number of nitrogens with two attached hydrogens (primary N) is 1. The van der Waals surface area contributed by atoms with E-state index < -0.39 is 5.97 Å². The quantitative estimate of drug-likeness (QED) is 0.728. The van der Waals surface area contributed by atoms with Crippen LogP contribution < -0.4 is 11.1 Å². The van der Waals surface area contributed by atoms with Gasteiger partial charge in [0.1, 0.15) is 0 Å². The Balaban J connectivity index is 2.12. The van der Waals surface area contributed by atoms with Crippen molar-refractivity contribution in [1.82, 2.24) is 9.55 Å². The highest BCUT2D eigenvalue weighted by molar-refractivity contribution is 6.34. The first kappa shape index (κ1) is 13.2. The summed E-state index contributed by atoms with van der Waals surface area (Å²) >= 11 is 6.01. The van der Waals surface area contributed by atoms with E-state index in [9.17, 15) is 4.79 Å². The van der Waals surface area contributed by atoms with Crippen molar-refractivity contribution in [3.63, 3.8) is 0 Å². The summed E-state index contributed by atoms with van der Waals surface area (Å²) in [6, 6.07) is 2.90. The maximum Gasteiger partial charge on any atom is 0.337 e. The third kappa shape index (κ3) is 3.17. The van der Waals surface area contributed by atoms with Crippen molar-refractivity contribution in [3.8, 4) is 0 Å². The number of benzene rings is 1. The number of hydrogen-bond donors (Lipinski definition) is 3. The predicted octanol–water partition coefficient (Wildman–Crippen LogP) is 1.93. The van der Waals surface area contributed by atoms with Crippen LogP contribution in [0.4, 0.5) is 11.4 Å². The van der Waals surface area contributed by atoms with E-state index in [0.29, 0.717) is 29.5 Å². The Morgan fingerprint density at radius 2 is 2.32 bits per heavy atom. The summed E-state index contributed by atoms with van der Waals surface area (Å²) in [4.78, 5) is 15.1. The van der Waals surface area contributed by atoms with Crippen LogP contribution in [0.3, 0.4) is 0 Å². The fourth-order valence-electron chi connectivity index (χ4n) is 1.70. The van der Waals surface area contributed by atoms with Crippen molar-refractivity contribution in [2.75, 3.05) is 17.6 Å². The van der Waals surface area contributed by atoms with Gasteiger partial charge in [-0.05, 0) is 12.1 Å². The molecule has 6 nitrogen and oxygen atoms in total. The van der Waals surface area contributed by atoms with E-state index in [2.05, 4.69) is 10.3 Å². The molecule has 4 N–H and O–H groups in total. The van der Waals surface area contributed by atoms with Gasteiger partial charge in [-0.2, -0.15) is 0 Å². The molecule has 1 aromatic heterocycles. The van der Waals surface area contributed by atoms with Gasteiger partial charge in [-0.25, -0.2) is 9.78 Å². The number of imidazole rings is 1. The standard InChI is InChI=1S/C12H13ClN4O2/c13-10-6-8(14)5-9(12(18)19)11(10)16-2-4-17-3-1-15-7-17/h1,3,5-7,16H,2,4,14H2,(H,18,19). The molecule has 0 radical (unpaired) electrons. The van der Waals surface area contributed by atoms with Crippen LogP contribution in [-0.4, -0.2) is 27.2 Å². The Kier molecular flexibility index (Phi) is 3.91. The molecular formula is C12H13ClN4O2. The van der Waals surface area contributed by atoms with Crippen LogP contribution in [0, 0.1) is 0 Å².